The molecule has 0 aromatic carbocycles. The zero-order valence-corrected chi connectivity index (χ0v) is 29.6. The van der Waals surface area contributed by atoms with Crippen molar-refractivity contribution in [2.75, 3.05) is 51.8 Å². The second-order valence-corrected chi connectivity index (χ2v) is 15.8. The van der Waals surface area contributed by atoms with Gasteiger partial charge in [-0.05, 0) is 97.9 Å². The van der Waals surface area contributed by atoms with Crippen LogP contribution in [-0.4, -0.2) is 88.0 Å². The molecule has 0 radical (unpaired) electrons. The number of pyridine rings is 1. The van der Waals surface area contributed by atoms with Crippen LogP contribution in [0.3, 0.4) is 0 Å². The summed E-state index contributed by atoms with van der Waals surface area (Å²) in [5.41, 5.74) is 3.86. The van der Waals surface area contributed by atoms with Crippen molar-refractivity contribution in [2.45, 2.75) is 105 Å². The van der Waals surface area contributed by atoms with Gasteiger partial charge in [0.15, 0.2) is 5.82 Å². The third kappa shape index (κ3) is 8.37. The lowest BCUT2D eigenvalue weighted by Crippen LogP contribution is -2.39. The molecule has 9 nitrogen and oxygen atoms in total. The molecular weight excluding hydrogens is 584 g/mol. The molecule has 45 heavy (non-hydrogen) atoms. The summed E-state index contributed by atoms with van der Waals surface area (Å²) in [5, 5.41) is 3.69. The van der Waals surface area contributed by atoms with Crippen molar-refractivity contribution in [2.24, 2.45) is 5.92 Å². The smallest absolute Gasteiger partial charge is 0.410 e. The molecule has 1 fully saturated rings. The minimum Gasteiger partial charge on any atom is -0.444 e. The average molecular weight is 639 g/mol. The van der Waals surface area contributed by atoms with Crippen LogP contribution in [0.15, 0.2) is 12.1 Å². The maximum absolute atomic E-state index is 12.7. The lowest BCUT2D eigenvalue weighted by atomic mass is 9.96. The van der Waals surface area contributed by atoms with E-state index in [1.54, 1.807) is 12.0 Å². The number of hydrogen-bond donors (Lipinski definition) is 1. The zero-order chi connectivity index (χ0) is 32.4. The molecule has 5 heterocycles. The van der Waals surface area contributed by atoms with Crippen LogP contribution in [0.25, 0.3) is 26.8 Å². The van der Waals surface area contributed by atoms with Crippen molar-refractivity contribution in [1.29, 1.82) is 0 Å². The van der Waals surface area contributed by atoms with Crippen LogP contribution in [0.4, 0.5) is 10.6 Å². The van der Waals surface area contributed by atoms with Gasteiger partial charge in [0.1, 0.15) is 16.9 Å². The van der Waals surface area contributed by atoms with Crippen molar-refractivity contribution in [3.63, 3.8) is 0 Å². The summed E-state index contributed by atoms with van der Waals surface area (Å²) in [6, 6.07) is 2.25. The fourth-order valence-electron chi connectivity index (χ4n) is 6.28. The Bertz CT molecular complexity index is 1500. The van der Waals surface area contributed by atoms with Gasteiger partial charge in [-0.1, -0.05) is 19.4 Å². The largest absolute Gasteiger partial charge is 0.444 e. The number of rotatable bonds is 10. The van der Waals surface area contributed by atoms with Gasteiger partial charge in [-0.2, -0.15) is 0 Å². The van der Waals surface area contributed by atoms with E-state index in [0.29, 0.717) is 19.0 Å². The van der Waals surface area contributed by atoms with Gasteiger partial charge in [0, 0.05) is 50.1 Å². The van der Waals surface area contributed by atoms with Gasteiger partial charge < -0.3 is 29.2 Å². The van der Waals surface area contributed by atoms with Crippen molar-refractivity contribution in [3.05, 3.63) is 22.8 Å². The van der Waals surface area contributed by atoms with Crippen LogP contribution in [0.5, 0.6) is 0 Å². The highest BCUT2D eigenvalue weighted by Crippen LogP contribution is 2.40. The highest BCUT2D eigenvalue weighted by atomic mass is 32.1. The quantitative estimate of drug-likeness (QED) is 0.245. The van der Waals surface area contributed by atoms with Crippen molar-refractivity contribution >= 4 is 50.1 Å². The second kappa shape index (κ2) is 14.0. The number of amides is 1. The number of hydrogen-bond acceptors (Lipinski definition) is 8. The topological polar surface area (TPSA) is 84.8 Å². The Labute approximate surface area is 273 Å². The molecule has 248 valence electrons. The molecule has 3 aromatic rings. The summed E-state index contributed by atoms with van der Waals surface area (Å²) in [6.07, 6.45) is 8.34. The normalized spacial score (nSPS) is 17.3. The van der Waals surface area contributed by atoms with Gasteiger partial charge >= 0.3 is 6.09 Å². The third-order valence-corrected chi connectivity index (χ3v) is 9.82. The molecule has 0 aliphatic carbocycles. The van der Waals surface area contributed by atoms with E-state index in [0.717, 1.165) is 75.3 Å². The lowest BCUT2D eigenvalue weighted by molar-refractivity contribution is 0.0270. The number of nitrogens with zero attached hydrogens (tertiary/aromatic N) is 5. The predicted molar refractivity (Wildman–Crippen MR) is 186 cm³/mol. The van der Waals surface area contributed by atoms with E-state index in [9.17, 15) is 4.79 Å². The Morgan fingerprint density at radius 3 is 2.49 bits per heavy atom. The van der Waals surface area contributed by atoms with Crippen molar-refractivity contribution in [3.8, 4) is 0 Å². The Morgan fingerprint density at radius 1 is 1.11 bits per heavy atom. The van der Waals surface area contributed by atoms with Gasteiger partial charge in [-0.15, -0.1) is 11.3 Å². The molecule has 3 aromatic heterocycles. The monoisotopic (exact) mass is 638 g/mol. The van der Waals surface area contributed by atoms with E-state index in [1.807, 2.05) is 32.1 Å². The molecule has 0 unspecified atom stereocenters. The fraction of sp³-hybridized carbons (Fsp3) is 0.686. The number of imidazole rings is 1. The summed E-state index contributed by atoms with van der Waals surface area (Å²) in [6.45, 7) is 20.8. The van der Waals surface area contributed by atoms with Crippen LogP contribution >= 0.6 is 11.3 Å². The molecule has 1 saturated heterocycles. The van der Waals surface area contributed by atoms with Gasteiger partial charge in [0.2, 0.25) is 0 Å². The maximum atomic E-state index is 12.7. The number of aromatic nitrogens is 3. The number of ether oxygens (including phenoxy) is 2. The average Bonchev–Trinajstić information content (AvgIpc) is 3.56. The van der Waals surface area contributed by atoms with E-state index in [1.165, 1.54) is 39.3 Å². The van der Waals surface area contributed by atoms with Gasteiger partial charge in [-0.3, -0.25) is 0 Å². The zero-order valence-electron chi connectivity index (χ0n) is 28.8. The van der Waals surface area contributed by atoms with Crippen LogP contribution < -0.4 is 5.32 Å². The first-order valence-electron chi connectivity index (χ1n) is 16.8. The lowest BCUT2D eigenvalue weighted by Gasteiger charge is -2.32. The van der Waals surface area contributed by atoms with Crippen LogP contribution in [0, 0.1) is 5.92 Å². The number of nitrogens with one attached hydrogen (secondary N) is 1. The first kappa shape index (κ1) is 33.7. The number of aryl methyl sites for hydroxylation is 1. The number of thiophene rings is 1. The maximum Gasteiger partial charge on any atom is 0.410 e. The molecule has 2 aliphatic rings. The number of unbranched alkanes of at least 4 members (excludes halogenated alkanes) is 1. The number of anilines is 1. The molecule has 0 saturated carbocycles. The molecule has 1 N–H and O–H groups in total. The summed E-state index contributed by atoms with van der Waals surface area (Å²) in [4.78, 5) is 28.8. The van der Waals surface area contributed by atoms with E-state index in [4.69, 9.17) is 19.4 Å². The van der Waals surface area contributed by atoms with E-state index >= 15 is 0 Å². The number of carbonyl (C=O) groups is 1. The summed E-state index contributed by atoms with van der Waals surface area (Å²) < 4.78 is 14.7. The molecule has 0 spiro atoms. The standard InChI is InChI=1S/C35H54N6O3S/c1-9-10-11-28-37-29-30(41(28)23-24-12-16-39(17-13-24)20-21-43-8)31-26(36-32(29)38-34(2,3)4)22-27(45-31)25-14-18-40(19-15-25)33(42)44-35(5,6)7/h14,22,24H,9-13,15-21,23H2,1-8H3,(H,36,38). The minimum absolute atomic E-state index is 0.147. The Balaban J connectivity index is 1.52. The molecule has 5 rings (SSSR count). The molecule has 2 aliphatic heterocycles. The molecule has 0 atom stereocenters. The number of piperidine rings is 1. The van der Waals surface area contributed by atoms with Gasteiger partial charge in [0.25, 0.3) is 0 Å². The minimum atomic E-state index is -0.498. The van der Waals surface area contributed by atoms with Crippen molar-refractivity contribution < 1.29 is 14.3 Å². The summed E-state index contributed by atoms with van der Waals surface area (Å²) in [5.74, 6) is 2.66. The first-order valence-corrected chi connectivity index (χ1v) is 17.7. The second-order valence-electron chi connectivity index (χ2n) is 14.8. The van der Waals surface area contributed by atoms with E-state index < -0.39 is 5.60 Å². The number of likely N-dealkylation sites (tertiary alicyclic amines) is 1. The molecule has 1 amide bonds. The number of methoxy groups -OCH3 is 1. The Kier molecular flexibility index (Phi) is 10.5. The highest BCUT2D eigenvalue weighted by Gasteiger charge is 2.28. The summed E-state index contributed by atoms with van der Waals surface area (Å²) in [7, 11) is 1.78. The predicted octanol–water partition coefficient (Wildman–Crippen LogP) is 7.58. The highest BCUT2D eigenvalue weighted by molar-refractivity contribution is 7.21. The number of carbonyl (C=O) groups excluding carboxylic acids is 1. The fourth-order valence-corrected chi connectivity index (χ4v) is 7.50. The van der Waals surface area contributed by atoms with Crippen LogP contribution in [0.2, 0.25) is 0 Å². The molecular formula is C35H54N6O3S. The Hall–Kier alpha value is -2.69. The molecule has 0 bridgehead atoms. The van der Waals surface area contributed by atoms with Crippen molar-refractivity contribution in [1.82, 2.24) is 24.3 Å². The van der Waals surface area contributed by atoms with Gasteiger partial charge in [0.05, 0.1) is 22.3 Å². The van der Waals surface area contributed by atoms with E-state index in [-0.39, 0.29) is 11.6 Å². The summed E-state index contributed by atoms with van der Waals surface area (Å²) >= 11 is 1.83. The molecule has 10 heteroatoms. The SMILES string of the molecule is CCCCc1nc2c(NC(C)(C)C)nc3cc(C4=CCN(C(=O)OC(C)(C)C)CC4)sc3c2n1CC1CCN(CCOC)CC1. The number of fused-ring (bicyclic) bond motifs is 3. The first-order chi connectivity index (χ1) is 21.3. The Morgan fingerprint density at radius 2 is 1.87 bits per heavy atom. The van der Waals surface area contributed by atoms with Crippen LogP contribution in [0.1, 0.15) is 91.3 Å². The van der Waals surface area contributed by atoms with Gasteiger partial charge in [-0.25, -0.2) is 14.8 Å². The van der Waals surface area contributed by atoms with E-state index in [2.05, 4.69) is 54.6 Å². The third-order valence-electron chi connectivity index (χ3n) is 8.61. The van der Waals surface area contributed by atoms with Crippen LogP contribution in [-0.2, 0) is 22.4 Å².